The average Bonchev–Trinajstić information content (AvgIpc) is 2.70. The lowest BCUT2D eigenvalue weighted by Gasteiger charge is -2.40. The highest BCUT2D eigenvalue weighted by Crippen LogP contribution is 2.42. The molecule has 142 valence electrons. The van der Waals surface area contributed by atoms with Crippen LogP contribution in [0, 0.1) is 22.8 Å². The molecule has 2 aromatic carbocycles. The zero-order valence-electron chi connectivity index (χ0n) is 15.5. The highest BCUT2D eigenvalue weighted by molar-refractivity contribution is 5.82. The molecule has 0 aromatic heterocycles. The number of para-hydroxylation sites is 1. The molecular weight excluding hydrogens is 356 g/mol. The van der Waals surface area contributed by atoms with Gasteiger partial charge in [-0.3, -0.25) is 16.2 Å². The number of nitriles is 2. The van der Waals surface area contributed by atoms with Gasteiger partial charge in [0.2, 0.25) is 5.96 Å². The maximum atomic E-state index is 10.8. The second kappa shape index (κ2) is 7.87. The van der Waals surface area contributed by atoms with E-state index in [2.05, 4.69) is 27.2 Å². The number of anilines is 1. The largest absolute Gasteiger partial charge is 0.485 e. The van der Waals surface area contributed by atoms with Gasteiger partial charge in [0.15, 0.2) is 6.19 Å². The van der Waals surface area contributed by atoms with E-state index < -0.39 is 17.7 Å². The highest BCUT2D eigenvalue weighted by atomic mass is 16.5. The van der Waals surface area contributed by atoms with E-state index in [0.29, 0.717) is 16.9 Å². The van der Waals surface area contributed by atoms with Crippen molar-refractivity contribution in [1.82, 2.24) is 10.7 Å². The van der Waals surface area contributed by atoms with E-state index in [-0.39, 0.29) is 5.96 Å². The molecule has 28 heavy (non-hydrogen) atoms. The first-order chi connectivity index (χ1) is 13.4. The molecule has 0 bridgehead atoms. The maximum Gasteiger partial charge on any atom is 0.224 e. The summed E-state index contributed by atoms with van der Waals surface area (Å²) >= 11 is 0. The molecule has 0 amide bonds. The summed E-state index contributed by atoms with van der Waals surface area (Å²) in [6.07, 6.45) is 0.830. The van der Waals surface area contributed by atoms with Gasteiger partial charge >= 0.3 is 0 Å². The number of fused-ring (bicyclic) bond motifs is 1. The zero-order valence-corrected chi connectivity index (χ0v) is 15.5. The predicted octanol–water partition coefficient (Wildman–Crippen LogP) is 2.17. The van der Waals surface area contributed by atoms with Crippen molar-refractivity contribution in [2.24, 2.45) is 4.99 Å². The Bertz CT molecular complexity index is 959. The van der Waals surface area contributed by atoms with Crippen molar-refractivity contribution < 1.29 is 9.84 Å². The Morgan fingerprint density at radius 1 is 1.18 bits per heavy atom. The van der Waals surface area contributed by atoms with Gasteiger partial charge in [0.1, 0.15) is 23.5 Å². The fraction of sp³-hybridized carbons (Fsp3) is 0.250. The number of hydrazine groups is 1. The molecule has 0 unspecified atom stereocenters. The van der Waals surface area contributed by atoms with Gasteiger partial charge < -0.3 is 9.84 Å². The predicted molar refractivity (Wildman–Crippen MR) is 104 cm³/mol. The van der Waals surface area contributed by atoms with Gasteiger partial charge in [-0.2, -0.15) is 10.5 Å². The van der Waals surface area contributed by atoms with Crippen LogP contribution in [0.3, 0.4) is 0 Å². The van der Waals surface area contributed by atoms with Crippen molar-refractivity contribution in [3.63, 3.8) is 0 Å². The van der Waals surface area contributed by atoms with Crippen LogP contribution in [-0.2, 0) is 0 Å². The first-order valence-corrected chi connectivity index (χ1v) is 8.65. The minimum Gasteiger partial charge on any atom is -0.485 e. The molecule has 2 atom stereocenters. The number of hydrogen-bond acceptors (Lipinski definition) is 6. The Hall–Kier alpha value is -3.75. The first-order valence-electron chi connectivity index (χ1n) is 8.65. The molecule has 4 N–H and O–H groups in total. The number of benzene rings is 2. The van der Waals surface area contributed by atoms with E-state index in [9.17, 15) is 10.4 Å². The lowest BCUT2D eigenvalue weighted by Crippen LogP contribution is -2.49. The van der Waals surface area contributed by atoms with E-state index in [1.54, 1.807) is 32.0 Å². The standard InChI is InChI=1S/C20H20N6O2/c1-20(2)18(27)17(15-10-13(11-21)8-9-16(15)28-20)24-19(23-12-22)26-25-14-6-4-3-5-7-14/h3-10,17-18,25,27H,1-2H3,(H2,23,24,26)/t17-,18+/m0/s1. The fourth-order valence-corrected chi connectivity index (χ4v) is 2.92. The summed E-state index contributed by atoms with van der Waals surface area (Å²) in [5.41, 5.74) is 6.66. The van der Waals surface area contributed by atoms with Gasteiger partial charge in [-0.15, -0.1) is 0 Å². The van der Waals surface area contributed by atoms with E-state index in [1.807, 2.05) is 36.5 Å². The molecule has 0 saturated heterocycles. The van der Waals surface area contributed by atoms with Crippen LogP contribution in [0.5, 0.6) is 5.75 Å². The number of hydrogen-bond donors (Lipinski definition) is 4. The monoisotopic (exact) mass is 376 g/mol. The quantitative estimate of drug-likeness (QED) is 0.213. The third-order valence-corrected chi connectivity index (χ3v) is 4.38. The number of aliphatic imine (C=N–C) groups is 1. The molecule has 1 aliphatic rings. The molecule has 2 aromatic rings. The van der Waals surface area contributed by atoms with Gasteiger partial charge in [-0.1, -0.05) is 18.2 Å². The number of nitrogens with one attached hydrogen (secondary N) is 3. The summed E-state index contributed by atoms with van der Waals surface area (Å²) in [5.74, 6) is 0.664. The van der Waals surface area contributed by atoms with Gasteiger partial charge in [0.25, 0.3) is 0 Å². The maximum absolute atomic E-state index is 10.8. The van der Waals surface area contributed by atoms with Crippen molar-refractivity contribution in [3.05, 3.63) is 59.7 Å². The van der Waals surface area contributed by atoms with Crippen LogP contribution in [0.25, 0.3) is 0 Å². The normalized spacial score (nSPS) is 20.0. The lowest BCUT2D eigenvalue weighted by atomic mass is 9.86. The third-order valence-electron chi connectivity index (χ3n) is 4.38. The number of nitrogens with zero attached hydrogens (tertiary/aromatic N) is 3. The molecule has 1 aliphatic heterocycles. The van der Waals surface area contributed by atoms with Gasteiger partial charge in [-0.25, -0.2) is 4.99 Å². The summed E-state index contributed by atoms with van der Waals surface area (Å²) in [5, 5.41) is 31.6. The smallest absolute Gasteiger partial charge is 0.224 e. The molecule has 8 heteroatoms. The Morgan fingerprint density at radius 3 is 2.61 bits per heavy atom. The van der Waals surface area contributed by atoms with Crippen LogP contribution < -0.4 is 20.9 Å². The van der Waals surface area contributed by atoms with Crippen LogP contribution in [0.15, 0.2) is 53.5 Å². The summed E-state index contributed by atoms with van der Waals surface area (Å²) in [6.45, 7) is 3.52. The second-order valence-electron chi connectivity index (χ2n) is 6.79. The molecule has 3 rings (SSSR count). The molecule has 0 aliphatic carbocycles. The number of ether oxygens (including phenoxy) is 1. The highest BCUT2D eigenvalue weighted by Gasteiger charge is 2.43. The van der Waals surface area contributed by atoms with Gasteiger partial charge in [0, 0.05) is 5.56 Å². The first kappa shape index (κ1) is 19.0. The number of rotatable bonds is 3. The number of guanidine groups is 1. The topological polar surface area (TPSA) is 125 Å². The van der Waals surface area contributed by atoms with Gasteiger partial charge in [-0.05, 0) is 44.2 Å². The van der Waals surface area contributed by atoms with Crippen molar-refractivity contribution in [2.45, 2.75) is 31.6 Å². The van der Waals surface area contributed by atoms with Crippen molar-refractivity contribution in [3.8, 4) is 18.0 Å². The summed E-state index contributed by atoms with van der Waals surface area (Å²) in [4.78, 5) is 4.50. The number of aliphatic hydroxyl groups excluding tert-OH is 1. The molecular formula is C20H20N6O2. The molecule has 0 spiro atoms. The van der Waals surface area contributed by atoms with Crippen molar-refractivity contribution in [2.75, 3.05) is 5.43 Å². The average molecular weight is 376 g/mol. The van der Waals surface area contributed by atoms with Crippen LogP contribution in [0.2, 0.25) is 0 Å². The van der Waals surface area contributed by atoms with Crippen LogP contribution in [0.4, 0.5) is 5.69 Å². The molecule has 1 heterocycles. The minimum absolute atomic E-state index is 0.126. The molecule has 0 radical (unpaired) electrons. The lowest BCUT2D eigenvalue weighted by molar-refractivity contribution is -0.0567. The Morgan fingerprint density at radius 2 is 1.93 bits per heavy atom. The van der Waals surface area contributed by atoms with Crippen LogP contribution >= 0.6 is 0 Å². The minimum atomic E-state index is -0.997. The van der Waals surface area contributed by atoms with Crippen molar-refractivity contribution in [1.29, 1.82) is 10.5 Å². The van der Waals surface area contributed by atoms with E-state index in [0.717, 1.165) is 5.69 Å². The van der Waals surface area contributed by atoms with E-state index in [4.69, 9.17) is 10.00 Å². The summed E-state index contributed by atoms with van der Waals surface area (Å²) in [7, 11) is 0. The zero-order chi connectivity index (χ0) is 20.1. The number of aliphatic hydroxyl groups is 1. The summed E-state index contributed by atoms with van der Waals surface area (Å²) in [6, 6.07) is 15.6. The van der Waals surface area contributed by atoms with E-state index in [1.165, 1.54) is 0 Å². The van der Waals surface area contributed by atoms with Crippen LogP contribution in [0.1, 0.15) is 31.0 Å². The Kier molecular flexibility index (Phi) is 5.35. The second-order valence-corrected chi connectivity index (χ2v) is 6.79. The molecule has 8 nitrogen and oxygen atoms in total. The SMILES string of the molecule is CC1(C)Oc2ccc(C#N)cc2[C@H](N=C(NC#N)NNc2ccccc2)[C@H]1O. The Balaban J connectivity index is 1.96. The third kappa shape index (κ3) is 3.98. The van der Waals surface area contributed by atoms with E-state index >= 15 is 0 Å². The molecule has 0 saturated carbocycles. The Labute approximate surface area is 163 Å². The summed E-state index contributed by atoms with van der Waals surface area (Å²) < 4.78 is 5.88. The van der Waals surface area contributed by atoms with Gasteiger partial charge in [0.05, 0.1) is 17.3 Å². The fourth-order valence-electron chi connectivity index (χ4n) is 2.92. The van der Waals surface area contributed by atoms with Crippen molar-refractivity contribution >= 4 is 11.6 Å². The van der Waals surface area contributed by atoms with Crippen LogP contribution in [-0.4, -0.2) is 22.8 Å². The molecule has 0 fully saturated rings.